The molecule has 2 aromatic carbocycles. The van der Waals surface area contributed by atoms with Crippen molar-refractivity contribution >= 4 is 10.9 Å². The third kappa shape index (κ3) is 5.50. The van der Waals surface area contributed by atoms with Gasteiger partial charge in [-0.15, -0.1) is 5.10 Å². The number of nitrogens with one attached hydrogen (secondary N) is 1. The molecule has 0 fully saturated rings. The van der Waals surface area contributed by atoms with Gasteiger partial charge in [-0.3, -0.25) is 14.7 Å². The van der Waals surface area contributed by atoms with E-state index in [0.717, 1.165) is 34.3 Å². The Bertz CT molecular complexity index is 1460. The zero-order valence-corrected chi connectivity index (χ0v) is 19.6. The predicted octanol–water partition coefficient (Wildman–Crippen LogP) is 3.66. The van der Waals surface area contributed by atoms with Crippen molar-refractivity contribution in [3.05, 3.63) is 118 Å². The van der Waals surface area contributed by atoms with Gasteiger partial charge in [-0.05, 0) is 58.0 Å². The summed E-state index contributed by atoms with van der Waals surface area (Å²) in [6.45, 7) is 4.26. The van der Waals surface area contributed by atoms with Crippen molar-refractivity contribution in [2.75, 3.05) is 0 Å². The number of aromatic amines is 1. The van der Waals surface area contributed by atoms with Crippen molar-refractivity contribution in [2.24, 2.45) is 0 Å². The minimum atomic E-state index is -0.0772. The van der Waals surface area contributed by atoms with E-state index in [2.05, 4.69) is 42.5 Å². The molecule has 0 aliphatic carbocycles. The highest BCUT2D eigenvalue weighted by Gasteiger charge is 2.16. The SMILES string of the molecule is Cc1cccc2cc(CN(Cc3cccnc3)Cc3nnnn3CCc3ccccc3)c(=O)[nH]c12. The van der Waals surface area contributed by atoms with Gasteiger partial charge in [-0.1, -0.05) is 54.6 Å². The first kappa shape index (κ1) is 22.6. The molecular formula is C27H27N7O. The average Bonchev–Trinajstić information content (AvgIpc) is 3.32. The Morgan fingerprint density at radius 3 is 2.63 bits per heavy atom. The summed E-state index contributed by atoms with van der Waals surface area (Å²) in [5.74, 6) is 0.762. The maximum absolute atomic E-state index is 13.0. The van der Waals surface area contributed by atoms with Crippen LogP contribution < -0.4 is 5.56 Å². The number of benzene rings is 2. The van der Waals surface area contributed by atoms with E-state index in [-0.39, 0.29) is 5.56 Å². The monoisotopic (exact) mass is 465 g/mol. The number of para-hydroxylation sites is 1. The van der Waals surface area contributed by atoms with Crippen molar-refractivity contribution in [1.82, 2.24) is 35.1 Å². The predicted molar refractivity (Wildman–Crippen MR) is 134 cm³/mol. The largest absolute Gasteiger partial charge is 0.321 e. The molecule has 0 amide bonds. The summed E-state index contributed by atoms with van der Waals surface area (Å²) < 4.78 is 1.84. The molecule has 1 N–H and O–H groups in total. The molecule has 3 heterocycles. The lowest BCUT2D eigenvalue weighted by molar-refractivity contribution is 0.235. The fraction of sp³-hybridized carbons (Fsp3) is 0.222. The fourth-order valence-corrected chi connectivity index (χ4v) is 4.29. The quantitative estimate of drug-likeness (QED) is 0.357. The fourth-order valence-electron chi connectivity index (χ4n) is 4.29. The molecule has 5 rings (SSSR count). The summed E-state index contributed by atoms with van der Waals surface area (Å²) >= 11 is 0. The van der Waals surface area contributed by atoms with Gasteiger partial charge in [0, 0.05) is 37.6 Å². The van der Waals surface area contributed by atoms with Crippen LogP contribution in [-0.2, 0) is 32.6 Å². The topological polar surface area (TPSA) is 92.6 Å². The second kappa shape index (κ2) is 10.4. The lowest BCUT2D eigenvalue weighted by Crippen LogP contribution is -2.28. The molecule has 0 unspecified atom stereocenters. The number of aryl methyl sites for hydroxylation is 3. The van der Waals surface area contributed by atoms with E-state index in [1.807, 2.05) is 72.4 Å². The van der Waals surface area contributed by atoms with E-state index < -0.39 is 0 Å². The van der Waals surface area contributed by atoms with E-state index in [4.69, 9.17) is 0 Å². The highest BCUT2D eigenvalue weighted by molar-refractivity contribution is 5.81. The number of rotatable bonds is 9. The smallest absolute Gasteiger partial charge is 0.252 e. The summed E-state index contributed by atoms with van der Waals surface area (Å²) in [4.78, 5) is 22.5. The first-order chi connectivity index (χ1) is 17.2. The van der Waals surface area contributed by atoms with Gasteiger partial charge in [0.25, 0.3) is 5.56 Å². The molecule has 0 aliphatic heterocycles. The Morgan fingerprint density at radius 2 is 1.80 bits per heavy atom. The van der Waals surface area contributed by atoms with Gasteiger partial charge >= 0.3 is 0 Å². The third-order valence-electron chi connectivity index (χ3n) is 6.11. The summed E-state index contributed by atoms with van der Waals surface area (Å²) in [6, 6.07) is 22.3. The van der Waals surface area contributed by atoms with Crippen LogP contribution in [0.4, 0.5) is 0 Å². The first-order valence-electron chi connectivity index (χ1n) is 11.7. The molecule has 0 saturated carbocycles. The molecule has 35 heavy (non-hydrogen) atoms. The van der Waals surface area contributed by atoms with E-state index in [0.29, 0.717) is 31.7 Å². The average molecular weight is 466 g/mol. The molecule has 0 radical (unpaired) electrons. The molecule has 8 nitrogen and oxygen atoms in total. The van der Waals surface area contributed by atoms with Crippen LogP contribution in [-0.4, -0.2) is 35.1 Å². The van der Waals surface area contributed by atoms with Crippen LogP contribution in [0.2, 0.25) is 0 Å². The van der Waals surface area contributed by atoms with E-state index in [9.17, 15) is 4.79 Å². The van der Waals surface area contributed by atoms with E-state index in [1.54, 1.807) is 6.20 Å². The standard InChI is InChI=1S/C27H27N7O/c1-20-7-5-11-23-15-24(27(35)29-26(20)23)18-33(17-22-10-6-13-28-16-22)19-25-30-31-32-34(25)14-12-21-8-3-2-4-9-21/h2-11,13,15-16H,12,14,17-19H2,1H3,(H,29,35). The number of hydrogen-bond donors (Lipinski definition) is 1. The van der Waals surface area contributed by atoms with Gasteiger partial charge in [0.15, 0.2) is 5.82 Å². The summed E-state index contributed by atoms with van der Waals surface area (Å²) in [5.41, 5.74) is 4.85. The zero-order valence-electron chi connectivity index (χ0n) is 19.6. The second-order valence-corrected chi connectivity index (χ2v) is 8.72. The van der Waals surface area contributed by atoms with Gasteiger partial charge in [0.2, 0.25) is 0 Å². The lowest BCUT2D eigenvalue weighted by Gasteiger charge is -2.22. The van der Waals surface area contributed by atoms with Gasteiger partial charge in [-0.25, -0.2) is 4.68 Å². The molecule has 8 heteroatoms. The summed E-state index contributed by atoms with van der Waals surface area (Å²) in [7, 11) is 0. The Morgan fingerprint density at radius 1 is 0.943 bits per heavy atom. The van der Waals surface area contributed by atoms with Gasteiger partial charge in [0.1, 0.15) is 0 Å². The summed E-state index contributed by atoms with van der Waals surface area (Å²) in [5, 5.41) is 13.5. The first-order valence-corrected chi connectivity index (χ1v) is 11.7. The Balaban J connectivity index is 1.40. The molecule has 5 aromatic rings. The normalized spacial score (nSPS) is 11.4. The Labute approximate surface area is 203 Å². The molecule has 176 valence electrons. The Hall–Kier alpha value is -4.17. The van der Waals surface area contributed by atoms with Crippen LogP contribution in [0.5, 0.6) is 0 Å². The minimum absolute atomic E-state index is 0.0772. The minimum Gasteiger partial charge on any atom is -0.321 e. The van der Waals surface area contributed by atoms with Crippen molar-refractivity contribution in [3.63, 3.8) is 0 Å². The van der Waals surface area contributed by atoms with Crippen molar-refractivity contribution in [2.45, 2.75) is 39.5 Å². The molecule has 0 spiro atoms. The number of nitrogens with zero attached hydrogens (tertiary/aromatic N) is 6. The maximum Gasteiger partial charge on any atom is 0.252 e. The molecule has 3 aromatic heterocycles. The summed E-state index contributed by atoms with van der Waals surface area (Å²) in [6.07, 6.45) is 4.44. The van der Waals surface area contributed by atoms with Crippen LogP contribution in [0, 0.1) is 6.92 Å². The van der Waals surface area contributed by atoms with E-state index >= 15 is 0 Å². The highest BCUT2D eigenvalue weighted by Crippen LogP contribution is 2.17. The number of hydrogen-bond acceptors (Lipinski definition) is 6. The van der Waals surface area contributed by atoms with Crippen molar-refractivity contribution in [3.8, 4) is 0 Å². The van der Waals surface area contributed by atoms with Crippen LogP contribution in [0.15, 0.2) is 83.9 Å². The molecule has 0 saturated heterocycles. The second-order valence-electron chi connectivity index (χ2n) is 8.72. The van der Waals surface area contributed by atoms with Crippen molar-refractivity contribution in [1.29, 1.82) is 0 Å². The number of H-pyrrole nitrogens is 1. The van der Waals surface area contributed by atoms with Crippen LogP contribution in [0.1, 0.15) is 28.1 Å². The van der Waals surface area contributed by atoms with Gasteiger partial charge in [0.05, 0.1) is 12.1 Å². The molecule has 0 atom stereocenters. The number of pyridine rings is 2. The van der Waals surface area contributed by atoms with Crippen molar-refractivity contribution < 1.29 is 0 Å². The number of tetrazole rings is 1. The lowest BCUT2D eigenvalue weighted by atomic mass is 10.1. The Kier molecular flexibility index (Phi) is 6.72. The number of fused-ring (bicyclic) bond motifs is 1. The van der Waals surface area contributed by atoms with Crippen LogP contribution >= 0.6 is 0 Å². The highest BCUT2D eigenvalue weighted by atomic mass is 16.1. The van der Waals surface area contributed by atoms with E-state index in [1.165, 1.54) is 5.56 Å². The van der Waals surface area contributed by atoms with Gasteiger partial charge in [-0.2, -0.15) is 0 Å². The van der Waals surface area contributed by atoms with Crippen LogP contribution in [0.3, 0.4) is 0 Å². The maximum atomic E-state index is 13.0. The third-order valence-corrected chi connectivity index (χ3v) is 6.11. The molecular weight excluding hydrogens is 438 g/mol. The number of aromatic nitrogens is 6. The molecule has 0 bridgehead atoms. The zero-order chi connectivity index (χ0) is 24.0. The van der Waals surface area contributed by atoms with Gasteiger partial charge < -0.3 is 4.98 Å². The molecule has 0 aliphatic rings. The van der Waals surface area contributed by atoms with Crippen LogP contribution in [0.25, 0.3) is 10.9 Å².